The predicted octanol–water partition coefficient (Wildman–Crippen LogP) is 7.24. The second-order valence-corrected chi connectivity index (χ2v) is 15.1. The summed E-state index contributed by atoms with van der Waals surface area (Å²) in [6.45, 7) is 15.6. The number of anilines is 1. The Kier molecular flexibility index (Phi) is 13.0. The van der Waals surface area contributed by atoms with Gasteiger partial charge in [0.1, 0.15) is 11.4 Å². The zero-order valence-electron chi connectivity index (χ0n) is 25.7. The lowest BCUT2D eigenvalue weighted by Crippen LogP contribution is -2.38. The van der Waals surface area contributed by atoms with E-state index in [2.05, 4.69) is 46.3 Å². The van der Waals surface area contributed by atoms with Gasteiger partial charge in [-0.2, -0.15) is 0 Å². The highest BCUT2D eigenvalue weighted by atomic mass is 32.2. The molecule has 1 saturated heterocycles. The van der Waals surface area contributed by atoms with E-state index in [4.69, 9.17) is 9.15 Å². The minimum atomic E-state index is -0.450. The highest BCUT2D eigenvalue weighted by Gasteiger charge is 2.25. The molecule has 11 heteroatoms. The number of carbonyl (C=O) groups excluding carboxylic acids is 2. The lowest BCUT2D eigenvalue weighted by atomic mass is 9.94. The maximum absolute atomic E-state index is 12.8. The van der Waals surface area contributed by atoms with Crippen LogP contribution in [0.1, 0.15) is 105 Å². The van der Waals surface area contributed by atoms with E-state index >= 15 is 0 Å². The van der Waals surface area contributed by atoms with Crippen LogP contribution in [-0.2, 0) is 20.7 Å². The molecule has 1 aliphatic rings. The van der Waals surface area contributed by atoms with Crippen molar-refractivity contribution in [1.29, 1.82) is 0 Å². The number of nitrogens with zero attached hydrogens (tertiary/aromatic N) is 3. The van der Waals surface area contributed by atoms with Crippen LogP contribution in [0.5, 0.6) is 0 Å². The quantitative estimate of drug-likeness (QED) is 0.171. The maximum Gasteiger partial charge on any atom is 0.407 e. The van der Waals surface area contributed by atoms with E-state index in [0.29, 0.717) is 23.3 Å². The summed E-state index contributed by atoms with van der Waals surface area (Å²) in [6.07, 6.45) is 12.0. The van der Waals surface area contributed by atoms with Gasteiger partial charge in [-0.15, -0.1) is 11.8 Å². The van der Waals surface area contributed by atoms with E-state index in [1.807, 2.05) is 27.0 Å². The fraction of sp³-hybridized carbons (Fsp3) is 0.733. The normalized spacial score (nSPS) is 15.2. The van der Waals surface area contributed by atoms with Gasteiger partial charge in [0, 0.05) is 17.9 Å². The van der Waals surface area contributed by atoms with E-state index in [0.717, 1.165) is 55.3 Å². The molecular weight excluding hydrogens is 558 g/mol. The fourth-order valence-corrected chi connectivity index (χ4v) is 6.27. The third-order valence-electron chi connectivity index (χ3n) is 6.87. The Morgan fingerprint density at radius 1 is 1.02 bits per heavy atom. The molecule has 2 aromatic heterocycles. The predicted molar refractivity (Wildman–Crippen MR) is 167 cm³/mol. The molecule has 1 aliphatic heterocycles. The zero-order valence-corrected chi connectivity index (χ0v) is 27.3. The Morgan fingerprint density at radius 2 is 1.71 bits per heavy atom. The molecular formula is C30H49N5O4S2. The molecule has 3 heterocycles. The van der Waals surface area contributed by atoms with Crippen molar-refractivity contribution in [2.75, 3.05) is 31.5 Å². The van der Waals surface area contributed by atoms with E-state index in [-0.39, 0.29) is 23.3 Å². The molecule has 3 rings (SSSR count). The van der Waals surface area contributed by atoms with Crippen molar-refractivity contribution in [3.05, 3.63) is 24.0 Å². The van der Waals surface area contributed by atoms with Crippen LogP contribution >= 0.6 is 23.1 Å². The molecule has 2 aromatic rings. The van der Waals surface area contributed by atoms with Crippen LogP contribution in [0.3, 0.4) is 0 Å². The number of thiazole rings is 1. The van der Waals surface area contributed by atoms with Crippen molar-refractivity contribution in [3.8, 4) is 0 Å². The smallest absolute Gasteiger partial charge is 0.407 e. The molecule has 0 unspecified atom stereocenters. The van der Waals surface area contributed by atoms with Crippen LogP contribution in [0, 0.1) is 5.92 Å². The second kappa shape index (κ2) is 15.9. The molecule has 0 aliphatic carbocycles. The molecule has 2 amide bonds. The SMILES string of the molecule is CC(C)(C)OC(=O)NCCCCCCCCN1CCC(C(=O)Nc2ncc(SCc3ncc(C(C)(C)C)o3)s2)CC1. The largest absolute Gasteiger partial charge is 0.444 e. The van der Waals surface area contributed by atoms with Crippen molar-refractivity contribution in [1.82, 2.24) is 20.2 Å². The number of hydrogen-bond donors (Lipinski definition) is 2. The molecule has 0 aromatic carbocycles. The van der Waals surface area contributed by atoms with Gasteiger partial charge in [-0.3, -0.25) is 4.79 Å². The number of amides is 2. The van der Waals surface area contributed by atoms with E-state index < -0.39 is 5.60 Å². The van der Waals surface area contributed by atoms with Gasteiger partial charge < -0.3 is 24.7 Å². The molecule has 2 N–H and O–H groups in total. The summed E-state index contributed by atoms with van der Waals surface area (Å²) in [5, 5.41) is 6.51. The van der Waals surface area contributed by atoms with Crippen LogP contribution < -0.4 is 10.6 Å². The lowest BCUT2D eigenvalue weighted by molar-refractivity contribution is -0.121. The molecule has 0 radical (unpaired) electrons. The number of hydrogen-bond acceptors (Lipinski definition) is 9. The summed E-state index contributed by atoms with van der Waals surface area (Å²) < 4.78 is 12.1. The number of aromatic nitrogens is 2. The first-order chi connectivity index (χ1) is 19.4. The van der Waals surface area contributed by atoms with Crippen molar-refractivity contribution in [2.24, 2.45) is 5.92 Å². The summed E-state index contributed by atoms with van der Waals surface area (Å²) in [6, 6.07) is 0. The second-order valence-electron chi connectivity index (χ2n) is 12.8. The summed E-state index contributed by atoms with van der Waals surface area (Å²) in [7, 11) is 0. The average molecular weight is 608 g/mol. The van der Waals surface area contributed by atoms with E-state index in [1.54, 1.807) is 18.0 Å². The van der Waals surface area contributed by atoms with Gasteiger partial charge in [0.15, 0.2) is 5.13 Å². The Bertz CT molecular complexity index is 1080. The summed E-state index contributed by atoms with van der Waals surface area (Å²) >= 11 is 3.12. The molecule has 230 valence electrons. The number of oxazole rings is 1. The number of alkyl carbamates (subject to hydrolysis) is 1. The van der Waals surface area contributed by atoms with Gasteiger partial charge in [0.05, 0.1) is 22.4 Å². The highest BCUT2D eigenvalue weighted by Crippen LogP contribution is 2.32. The number of nitrogens with one attached hydrogen (secondary N) is 2. The first-order valence-electron chi connectivity index (χ1n) is 14.9. The summed E-state index contributed by atoms with van der Waals surface area (Å²) in [4.78, 5) is 35.8. The monoisotopic (exact) mass is 607 g/mol. The van der Waals surface area contributed by atoms with Gasteiger partial charge in [-0.25, -0.2) is 14.8 Å². The average Bonchev–Trinajstić information content (AvgIpc) is 3.55. The first kappa shape index (κ1) is 33.4. The molecule has 0 bridgehead atoms. The first-order valence-corrected chi connectivity index (χ1v) is 16.7. The molecule has 0 atom stereocenters. The number of rotatable bonds is 14. The molecule has 1 fully saturated rings. The molecule has 0 saturated carbocycles. The zero-order chi connectivity index (χ0) is 29.9. The van der Waals surface area contributed by atoms with Gasteiger partial charge in [-0.1, -0.05) is 57.8 Å². The van der Waals surface area contributed by atoms with Gasteiger partial charge in [0.2, 0.25) is 11.8 Å². The van der Waals surface area contributed by atoms with E-state index in [9.17, 15) is 9.59 Å². The van der Waals surface area contributed by atoms with Crippen LogP contribution in [0.15, 0.2) is 21.0 Å². The van der Waals surface area contributed by atoms with E-state index in [1.165, 1.54) is 37.0 Å². The van der Waals surface area contributed by atoms with Crippen LogP contribution in [0.2, 0.25) is 0 Å². The third kappa shape index (κ3) is 12.7. The lowest BCUT2D eigenvalue weighted by Gasteiger charge is -2.31. The van der Waals surface area contributed by atoms with Gasteiger partial charge in [0.25, 0.3) is 0 Å². The number of likely N-dealkylation sites (tertiary alicyclic amines) is 1. The molecule has 0 spiro atoms. The van der Waals surface area contributed by atoms with Crippen molar-refractivity contribution in [2.45, 2.75) is 114 Å². The summed E-state index contributed by atoms with van der Waals surface area (Å²) in [5.74, 6) is 2.35. The number of carbonyl (C=O) groups is 2. The van der Waals surface area contributed by atoms with Gasteiger partial charge >= 0.3 is 6.09 Å². The van der Waals surface area contributed by atoms with Crippen LogP contribution in [0.25, 0.3) is 0 Å². The number of thioether (sulfide) groups is 1. The third-order valence-corrected chi connectivity index (χ3v) is 8.97. The minimum Gasteiger partial charge on any atom is -0.444 e. The highest BCUT2D eigenvalue weighted by molar-refractivity contribution is 8.00. The van der Waals surface area contributed by atoms with Crippen LogP contribution in [-0.4, -0.2) is 58.6 Å². The Morgan fingerprint density at radius 3 is 2.37 bits per heavy atom. The van der Waals surface area contributed by atoms with Gasteiger partial charge in [-0.05, 0) is 66.1 Å². The Labute approximate surface area is 254 Å². The summed E-state index contributed by atoms with van der Waals surface area (Å²) in [5.41, 5.74) is -0.506. The van der Waals surface area contributed by atoms with Crippen molar-refractivity contribution in [3.63, 3.8) is 0 Å². The molecule has 9 nitrogen and oxygen atoms in total. The van der Waals surface area contributed by atoms with Crippen LogP contribution in [0.4, 0.5) is 9.93 Å². The maximum atomic E-state index is 12.8. The standard InChI is InChI=1S/C30H49N5O4S2/c1-29(2,3)23-19-32-24(38-23)21-40-25-20-33-27(41-25)34-26(36)22-13-17-35(18-14-22)16-12-10-8-7-9-11-15-31-28(37)39-30(4,5)6/h19-20,22H,7-18,21H2,1-6H3,(H,31,37)(H,33,34,36). The topological polar surface area (TPSA) is 110 Å². The number of unbranched alkanes of at least 4 members (excludes halogenated alkanes) is 5. The number of piperidine rings is 1. The fourth-order valence-electron chi connectivity index (χ4n) is 4.54. The Hall–Kier alpha value is -2.11. The van der Waals surface area contributed by atoms with Crippen molar-refractivity contribution >= 4 is 40.2 Å². The van der Waals surface area contributed by atoms with Crippen molar-refractivity contribution < 1.29 is 18.7 Å². The Balaban J connectivity index is 1.22. The number of ether oxygens (including phenoxy) is 1. The molecule has 41 heavy (non-hydrogen) atoms. The minimum absolute atomic E-state index is 0.0451.